The second kappa shape index (κ2) is 6.55. The molecule has 0 aliphatic heterocycles. The summed E-state index contributed by atoms with van der Waals surface area (Å²) in [6.45, 7) is 4.58. The first kappa shape index (κ1) is 14.7. The molecule has 0 radical (unpaired) electrons. The SMILES string of the molecule is CC(C)C(CBr)(CBr)Cc1cccc(Br)c1. The second-order valence-electron chi connectivity index (χ2n) is 4.59. The van der Waals surface area contributed by atoms with E-state index >= 15 is 0 Å². The average molecular weight is 413 g/mol. The van der Waals surface area contributed by atoms with E-state index in [4.69, 9.17) is 0 Å². The van der Waals surface area contributed by atoms with Crippen LogP contribution in [0.15, 0.2) is 28.7 Å². The highest BCUT2D eigenvalue weighted by molar-refractivity contribution is 9.10. The Balaban J connectivity index is 2.91. The van der Waals surface area contributed by atoms with Gasteiger partial charge in [-0.2, -0.15) is 0 Å². The molecule has 1 aromatic carbocycles. The highest BCUT2D eigenvalue weighted by Crippen LogP contribution is 2.36. The van der Waals surface area contributed by atoms with Crippen molar-refractivity contribution in [1.82, 2.24) is 0 Å². The lowest BCUT2D eigenvalue weighted by Gasteiger charge is -2.34. The second-order valence-corrected chi connectivity index (χ2v) is 6.63. The first-order valence-electron chi connectivity index (χ1n) is 5.40. The Kier molecular flexibility index (Phi) is 6.03. The van der Waals surface area contributed by atoms with Gasteiger partial charge in [-0.1, -0.05) is 73.8 Å². The molecular weight excluding hydrogens is 396 g/mol. The van der Waals surface area contributed by atoms with E-state index in [0.29, 0.717) is 11.3 Å². The van der Waals surface area contributed by atoms with Gasteiger partial charge < -0.3 is 0 Å². The van der Waals surface area contributed by atoms with Gasteiger partial charge in [0.25, 0.3) is 0 Å². The van der Waals surface area contributed by atoms with Crippen molar-refractivity contribution >= 4 is 47.8 Å². The van der Waals surface area contributed by atoms with Crippen molar-refractivity contribution in [1.29, 1.82) is 0 Å². The van der Waals surface area contributed by atoms with E-state index in [0.717, 1.165) is 21.6 Å². The van der Waals surface area contributed by atoms with Gasteiger partial charge in [-0.15, -0.1) is 0 Å². The third kappa shape index (κ3) is 3.58. The molecule has 0 bridgehead atoms. The maximum absolute atomic E-state index is 3.67. The topological polar surface area (TPSA) is 0 Å². The molecular formula is C13H17Br3. The van der Waals surface area contributed by atoms with Crippen LogP contribution >= 0.6 is 47.8 Å². The van der Waals surface area contributed by atoms with Gasteiger partial charge in [0.05, 0.1) is 0 Å². The molecule has 1 rings (SSSR count). The van der Waals surface area contributed by atoms with E-state index in [9.17, 15) is 0 Å². The molecule has 0 heterocycles. The number of halogens is 3. The number of benzene rings is 1. The molecule has 90 valence electrons. The number of hydrogen-bond donors (Lipinski definition) is 0. The van der Waals surface area contributed by atoms with E-state index in [1.165, 1.54) is 5.56 Å². The van der Waals surface area contributed by atoms with Crippen LogP contribution < -0.4 is 0 Å². The average Bonchev–Trinajstić information content (AvgIpc) is 2.25. The third-order valence-corrected chi connectivity index (χ3v) is 5.93. The largest absolute Gasteiger partial charge is 0.0921 e. The number of hydrogen-bond acceptors (Lipinski definition) is 0. The highest BCUT2D eigenvalue weighted by atomic mass is 79.9. The van der Waals surface area contributed by atoms with Crippen LogP contribution in [-0.2, 0) is 6.42 Å². The van der Waals surface area contributed by atoms with Gasteiger partial charge in [-0.3, -0.25) is 0 Å². The fourth-order valence-corrected chi connectivity index (χ4v) is 4.76. The molecule has 1 aromatic rings. The predicted octanol–water partition coefficient (Wildman–Crippen LogP) is 5.42. The maximum Gasteiger partial charge on any atom is 0.0177 e. The summed E-state index contributed by atoms with van der Waals surface area (Å²) in [6.07, 6.45) is 1.10. The standard InChI is InChI=1S/C13H17Br3/c1-10(2)13(8-14,9-15)7-11-4-3-5-12(16)6-11/h3-6,10H,7-9H2,1-2H3. The van der Waals surface area contributed by atoms with Crippen LogP contribution in [0, 0.1) is 11.3 Å². The van der Waals surface area contributed by atoms with E-state index < -0.39 is 0 Å². The first-order valence-corrected chi connectivity index (χ1v) is 8.44. The molecule has 0 aliphatic rings. The lowest BCUT2D eigenvalue weighted by atomic mass is 9.76. The Morgan fingerprint density at radius 2 is 1.81 bits per heavy atom. The lowest BCUT2D eigenvalue weighted by Crippen LogP contribution is -2.33. The molecule has 3 heteroatoms. The molecule has 0 N–H and O–H groups in total. The van der Waals surface area contributed by atoms with Gasteiger partial charge in [0.15, 0.2) is 0 Å². The van der Waals surface area contributed by atoms with E-state index in [2.05, 4.69) is 85.9 Å². The van der Waals surface area contributed by atoms with Crippen molar-refractivity contribution in [2.75, 3.05) is 10.7 Å². The van der Waals surface area contributed by atoms with Crippen LogP contribution in [0.5, 0.6) is 0 Å². The van der Waals surface area contributed by atoms with Crippen LogP contribution in [0.3, 0.4) is 0 Å². The van der Waals surface area contributed by atoms with Crippen molar-refractivity contribution < 1.29 is 0 Å². The fourth-order valence-electron chi connectivity index (χ4n) is 1.70. The molecule has 0 unspecified atom stereocenters. The molecule has 0 aliphatic carbocycles. The lowest BCUT2D eigenvalue weighted by molar-refractivity contribution is 0.268. The Morgan fingerprint density at radius 3 is 2.25 bits per heavy atom. The van der Waals surface area contributed by atoms with Crippen LogP contribution in [0.2, 0.25) is 0 Å². The molecule has 0 amide bonds. The quantitative estimate of drug-likeness (QED) is 0.566. The number of alkyl halides is 2. The highest BCUT2D eigenvalue weighted by Gasteiger charge is 2.31. The van der Waals surface area contributed by atoms with Crippen molar-refractivity contribution in [2.45, 2.75) is 20.3 Å². The van der Waals surface area contributed by atoms with Gasteiger partial charge in [0.2, 0.25) is 0 Å². The summed E-state index contributed by atoms with van der Waals surface area (Å²) in [4.78, 5) is 0. The molecule has 16 heavy (non-hydrogen) atoms. The van der Waals surface area contributed by atoms with Crippen LogP contribution in [0.4, 0.5) is 0 Å². The molecule has 0 aromatic heterocycles. The van der Waals surface area contributed by atoms with Crippen LogP contribution in [0.25, 0.3) is 0 Å². The molecule has 0 atom stereocenters. The van der Waals surface area contributed by atoms with Gasteiger partial charge in [-0.25, -0.2) is 0 Å². The Morgan fingerprint density at radius 1 is 1.19 bits per heavy atom. The molecule has 0 nitrogen and oxygen atoms in total. The molecule has 0 fully saturated rings. The molecule has 0 spiro atoms. The van der Waals surface area contributed by atoms with Crippen molar-refractivity contribution in [3.05, 3.63) is 34.3 Å². The van der Waals surface area contributed by atoms with Crippen LogP contribution in [0.1, 0.15) is 19.4 Å². The van der Waals surface area contributed by atoms with E-state index in [1.807, 2.05) is 0 Å². The normalized spacial score (nSPS) is 12.1. The van der Waals surface area contributed by atoms with Gasteiger partial charge in [-0.05, 0) is 35.4 Å². The van der Waals surface area contributed by atoms with E-state index in [-0.39, 0.29) is 0 Å². The van der Waals surface area contributed by atoms with Crippen molar-refractivity contribution in [3.8, 4) is 0 Å². The molecule has 0 saturated heterocycles. The Bertz CT molecular complexity index is 330. The minimum atomic E-state index is 0.292. The third-order valence-electron chi connectivity index (χ3n) is 3.20. The number of rotatable bonds is 5. The van der Waals surface area contributed by atoms with E-state index in [1.54, 1.807) is 0 Å². The van der Waals surface area contributed by atoms with Gasteiger partial charge in [0.1, 0.15) is 0 Å². The summed E-state index contributed by atoms with van der Waals surface area (Å²) in [6, 6.07) is 8.59. The summed E-state index contributed by atoms with van der Waals surface area (Å²) >= 11 is 10.9. The summed E-state index contributed by atoms with van der Waals surface area (Å²) < 4.78 is 1.16. The smallest absolute Gasteiger partial charge is 0.0177 e. The van der Waals surface area contributed by atoms with Gasteiger partial charge >= 0.3 is 0 Å². The Hall–Kier alpha value is 0.660. The zero-order valence-corrected chi connectivity index (χ0v) is 14.4. The fraction of sp³-hybridized carbons (Fsp3) is 0.538. The van der Waals surface area contributed by atoms with Crippen LogP contribution in [-0.4, -0.2) is 10.7 Å². The molecule has 0 saturated carbocycles. The minimum Gasteiger partial charge on any atom is -0.0921 e. The summed E-state index contributed by atoms with van der Waals surface area (Å²) in [5, 5.41) is 2.05. The minimum absolute atomic E-state index is 0.292. The zero-order valence-electron chi connectivity index (χ0n) is 9.64. The summed E-state index contributed by atoms with van der Waals surface area (Å²) in [5.74, 6) is 0.644. The maximum atomic E-state index is 3.67. The van der Waals surface area contributed by atoms with Crippen molar-refractivity contribution in [3.63, 3.8) is 0 Å². The summed E-state index contributed by atoms with van der Waals surface area (Å²) in [7, 11) is 0. The Labute approximate surface area is 124 Å². The first-order chi connectivity index (χ1) is 7.54. The monoisotopic (exact) mass is 410 g/mol. The summed E-state index contributed by atoms with van der Waals surface area (Å²) in [5.41, 5.74) is 1.68. The van der Waals surface area contributed by atoms with Crippen molar-refractivity contribution in [2.24, 2.45) is 11.3 Å². The van der Waals surface area contributed by atoms with Gasteiger partial charge in [0, 0.05) is 15.1 Å². The zero-order chi connectivity index (χ0) is 12.2. The predicted molar refractivity (Wildman–Crippen MR) is 82.7 cm³/mol.